The number of rotatable bonds is 5. The Balaban J connectivity index is 1.59. The van der Waals surface area contributed by atoms with Gasteiger partial charge < -0.3 is 15.3 Å². The van der Waals surface area contributed by atoms with Gasteiger partial charge in [-0.2, -0.15) is 0 Å². The number of phenolic OH excluding ortho intramolecular Hbond substituents is 1. The monoisotopic (exact) mass is 406 g/mol. The zero-order chi connectivity index (χ0) is 20.5. The van der Waals surface area contributed by atoms with Crippen LogP contribution in [0.3, 0.4) is 0 Å². The number of fused-ring (bicyclic) bond motifs is 2. The predicted molar refractivity (Wildman–Crippen MR) is 119 cm³/mol. The minimum atomic E-state index is -1.17. The van der Waals surface area contributed by atoms with Crippen LogP contribution in [0.2, 0.25) is 0 Å². The zero-order valence-corrected chi connectivity index (χ0v) is 17.8. The highest BCUT2D eigenvalue weighted by Gasteiger charge is 2.29. The van der Waals surface area contributed by atoms with E-state index < -0.39 is 10.8 Å². The number of anilines is 2. The molecule has 1 aliphatic rings. The van der Waals surface area contributed by atoms with E-state index >= 15 is 0 Å². The molecule has 2 N–H and O–H groups in total. The van der Waals surface area contributed by atoms with E-state index in [2.05, 4.69) is 30.1 Å². The average Bonchev–Trinajstić information content (AvgIpc) is 2.73. The molecule has 0 spiro atoms. The molecule has 0 amide bonds. The van der Waals surface area contributed by atoms with Gasteiger partial charge in [-0.05, 0) is 55.7 Å². The molecule has 0 saturated heterocycles. The maximum atomic E-state index is 13.1. The number of para-hydroxylation sites is 2. The highest BCUT2D eigenvalue weighted by Crippen LogP contribution is 2.44. The van der Waals surface area contributed by atoms with E-state index in [-0.39, 0.29) is 0 Å². The molecule has 1 heterocycles. The van der Waals surface area contributed by atoms with E-state index in [0.717, 1.165) is 45.4 Å². The van der Waals surface area contributed by atoms with Crippen LogP contribution in [0.5, 0.6) is 5.75 Å². The van der Waals surface area contributed by atoms with Crippen molar-refractivity contribution in [2.75, 3.05) is 18.0 Å². The lowest BCUT2D eigenvalue weighted by atomic mass is 10.1. The van der Waals surface area contributed by atoms with Crippen LogP contribution in [0.15, 0.2) is 64.4 Å². The number of phenols is 1. The lowest BCUT2D eigenvalue weighted by molar-refractivity contribution is 0.460. The van der Waals surface area contributed by atoms with Crippen LogP contribution in [-0.2, 0) is 17.3 Å². The van der Waals surface area contributed by atoms with Crippen LogP contribution in [0.4, 0.5) is 11.4 Å². The molecule has 0 radical (unpaired) electrons. The second-order valence-electron chi connectivity index (χ2n) is 7.50. The standard InChI is InChI=1S/C24H26N2O2S/c1-16-11-12-22-23(18(16)3)26(20-9-4-5-10-21(20)29(22)28)14-13-25-15-19-8-6-7-17(2)24(19)27/h4-12,25,27H,13-15H2,1-3H3. The van der Waals surface area contributed by atoms with Gasteiger partial charge in [-0.3, -0.25) is 0 Å². The first-order chi connectivity index (χ1) is 14.0. The molecule has 150 valence electrons. The summed E-state index contributed by atoms with van der Waals surface area (Å²) >= 11 is 0. The second kappa shape index (κ2) is 8.01. The Kier molecular flexibility index (Phi) is 5.43. The molecular formula is C24H26N2O2S. The molecule has 0 aromatic heterocycles. The van der Waals surface area contributed by atoms with Crippen molar-refractivity contribution in [1.82, 2.24) is 5.32 Å². The van der Waals surface area contributed by atoms with Gasteiger partial charge in [0.15, 0.2) is 0 Å². The number of hydrogen-bond donors (Lipinski definition) is 2. The largest absolute Gasteiger partial charge is 0.507 e. The van der Waals surface area contributed by atoms with Gasteiger partial charge in [-0.25, -0.2) is 4.21 Å². The maximum Gasteiger partial charge on any atom is 0.122 e. The minimum Gasteiger partial charge on any atom is -0.507 e. The van der Waals surface area contributed by atoms with Crippen LogP contribution in [0, 0.1) is 20.8 Å². The Hall–Kier alpha value is -2.63. The Morgan fingerprint density at radius 2 is 1.72 bits per heavy atom. The summed E-state index contributed by atoms with van der Waals surface area (Å²) in [6.45, 7) is 8.19. The molecule has 3 aromatic rings. The number of benzene rings is 3. The van der Waals surface area contributed by atoms with Crippen LogP contribution < -0.4 is 10.2 Å². The molecule has 29 heavy (non-hydrogen) atoms. The quantitative estimate of drug-likeness (QED) is 0.602. The first-order valence-corrected chi connectivity index (χ1v) is 11.0. The maximum absolute atomic E-state index is 13.1. The number of aromatic hydroxyl groups is 1. The summed E-state index contributed by atoms with van der Waals surface area (Å²) in [7, 11) is -1.17. The number of aryl methyl sites for hydroxylation is 2. The third kappa shape index (κ3) is 3.56. The smallest absolute Gasteiger partial charge is 0.122 e. The van der Waals surface area contributed by atoms with Crippen molar-refractivity contribution in [3.63, 3.8) is 0 Å². The van der Waals surface area contributed by atoms with Gasteiger partial charge in [0.2, 0.25) is 0 Å². The third-order valence-corrected chi connectivity index (χ3v) is 7.11. The fraction of sp³-hybridized carbons (Fsp3) is 0.250. The molecule has 3 aromatic carbocycles. The molecule has 4 nitrogen and oxygen atoms in total. The van der Waals surface area contributed by atoms with E-state index in [9.17, 15) is 9.32 Å². The van der Waals surface area contributed by atoms with Gasteiger partial charge in [0.1, 0.15) is 5.75 Å². The van der Waals surface area contributed by atoms with E-state index in [1.54, 1.807) is 0 Å². The topological polar surface area (TPSA) is 52.6 Å². The Labute approximate surface area is 174 Å². The molecule has 0 fully saturated rings. The van der Waals surface area contributed by atoms with E-state index in [0.29, 0.717) is 12.3 Å². The van der Waals surface area contributed by atoms with Gasteiger partial charge in [0.05, 0.1) is 32.0 Å². The number of hydrogen-bond acceptors (Lipinski definition) is 4. The molecule has 0 saturated carbocycles. The van der Waals surface area contributed by atoms with Crippen LogP contribution in [0.25, 0.3) is 0 Å². The average molecular weight is 407 g/mol. The Morgan fingerprint density at radius 1 is 0.931 bits per heavy atom. The summed E-state index contributed by atoms with van der Waals surface area (Å²) in [6.07, 6.45) is 0. The lowest BCUT2D eigenvalue weighted by Crippen LogP contribution is -2.32. The van der Waals surface area contributed by atoms with Crippen molar-refractivity contribution in [3.8, 4) is 5.75 Å². The molecule has 5 heteroatoms. The predicted octanol–water partition coefficient (Wildman–Crippen LogP) is 4.73. The van der Waals surface area contributed by atoms with Crippen molar-refractivity contribution in [2.45, 2.75) is 37.1 Å². The van der Waals surface area contributed by atoms with Crippen molar-refractivity contribution >= 4 is 22.2 Å². The molecule has 1 atom stereocenters. The molecule has 0 bridgehead atoms. The summed E-state index contributed by atoms with van der Waals surface area (Å²) < 4.78 is 13.1. The molecule has 4 rings (SSSR count). The van der Waals surface area contributed by atoms with Gasteiger partial charge in [-0.15, -0.1) is 0 Å². The van der Waals surface area contributed by atoms with Crippen LogP contribution in [0.1, 0.15) is 22.3 Å². The fourth-order valence-corrected chi connectivity index (χ4v) is 5.28. The summed E-state index contributed by atoms with van der Waals surface area (Å²) in [5.41, 5.74) is 6.22. The van der Waals surface area contributed by atoms with Crippen molar-refractivity contribution in [2.24, 2.45) is 0 Å². The number of nitrogens with one attached hydrogen (secondary N) is 1. The number of nitrogens with zero attached hydrogens (tertiary/aromatic N) is 1. The van der Waals surface area contributed by atoms with Crippen molar-refractivity contribution in [3.05, 3.63) is 76.9 Å². The Morgan fingerprint density at radius 3 is 2.55 bits per heavy atom. The van der Waals surface area contributed by atoms with Crippen molar-refractivity contribution < 1.29 is 9.32 Å². The highest BCUT2D eigenvalue weighted by atomic mass is 32.2. The first kappa shape index (κ1) is 19.7. The first-order valence-electron chi connectivity index (χ1n) is 9.85. The molecule has 1 aliphatic heterocycles. The molecule has 0 aliphatic carbocycles. The minimum absolute atomic E-state index is 0.357. The summed E-state index contributed by atoms with van der Waals surface area (Å²) in [4.78, 5) is 4.01. The normalized spacial score (nSPS) is 15.1. The molecular weight excluding hydrogens is 380 g/mol. The van der Waals surface area contributed by atoms with Crippen LogP contribution in [-0.4, -0.2) is 22.4 Å². The molecule has 1 unspecified atom stereocenters. The summed E-state index contributed by atoms with van der Waals surface area (Å²) in [5.74, 6) is 0.357. The van der Waals surface area contributed by atoms with Gasteiger partial charge in [-0.1, -0.05) is 36.4 Å². The lowest BCUT2D eigenvalue weighted by Gasteiger charge is -2.34. The fourth-order valence-electron chi connectivity index (χ4n) is 3.85. The van der Waals surface area contributed by atoms with Crippen LogP contribution >= 0.6 is 0 Å². The third-order valence-electron chi connectivity index (χ3n) is 5.64. The van der Waals surface area contributed by atoms with E-state index in [1.165, 1.54) is 11.1 Å². The Bertz CT molecular complexity index is 1090. The van der Waals surface area contributed by atoms with Gasteiger partial charge in [0, 0.05) is 25.2 Å². The highest BCUT2D eigenvalue weighted by molar-refractivity contribution is 7.85. The van der Waals surface area contributed by atoms with Gasteiger partial charge >= 0.3 is 0 Å². The SMILES string of the molecule is Cc1ccc2c(c1C)N(CCNCc1cccc(C)c1O)c1ccccc1S2=O. The zero-order valence-electron chi connectivity index (χ0n) is 17.0. The van der Waals surface area contributed by atoms with Crippen molar-refractivity contribution in [1.29, 1.82) is 0 Å². The van der Waals surface area contributed by atoms with E-state index in [1.807, 2.05) is 55.5 Å². The summed E-state index contributed by atoms with van der Waals surface area (Å²) in [6, 6.07) is 17.8. The second-order valence-corrected chi connectivity index (χ2v) is 8.92. The van der Waals surface area contributed by atoms with E-state index in [4.69, 9.17) is 0 Å². The summed E-state index contributed by atoms with van der Waals surface area (Å²) in [5, 5.41) is 13.7. The van der Waals surface area contributed by atoms with Gasteiger partial charge in [0.25, 0.3) is 0 Å².